The van der Waals surface area contributed by atoms with Crippen molar-refractivity contribution >= 4 is 5.91 Å². The summed E-state index contributed by atoms with van der Waals surface area (Å²) in [6.45, 7) is 3.53. The number of hydrogen-bond acceptors (Lipinski definition) is 4. The van der Waals surface area contributed by atoms with Crippen molar-refractivity contribution < 1.29 is 13.9 Å². The van der Waals surface area contributed by atoms with Gasteiger partial charge in [0.15, 0.2) is 0 Å². The molecule has 3 rings (SSSR count). The molecule has 144 valence electrons. The predicted molar refractivity (Wildman–Crippen MR) is 102 cm³/mol. The maximum Gasteiger partial charge on any atom is 0.226 e. The molecule has 0 aromatic heterocycles. The molecule has 1 aliphatic rings. The van der Waals surface area contributed by atoms with Gasteiger partial charge >= 0.3 is 0 Å². The maximum atomic E-state index is 13.7. The van der Waals surface area contributed by atoms with E-state index < -0.39 is 0 Å². The Kier molecular flexibility index (Phi) is 6.79. The lowest BCUT2D eigenvalue weighted by Gasteiger charge is -2.19. The first kappa shape index (κ1) is 19.3. The highest BCUT2D eigenvalue weighted by atomic mass is 19.1. The summed E-state index contributed by atoms with van der Waals surface area (Å²) in [6, 6.07) is 14.1. The second-order valence-electron chi connectivity index (χ2n) is 6.69. The van der Waals surface area contributed by atoms with Crippen LogP contribution in [0, 0.1) is 11.7 Å². The second-order valence-corrected chi connectivity index (χ2v) is 6.69. The Morgan fingerprint density at radius 3 is 2.74 bits per heavy atom. The minimum Gasteiger partial charge on any atom is -0.494 e. The van der Waals surface area contributed by atoms with Crippen molar-refractivity contribution in [3.8, 4) is 5.75 Å². The minimum atomic E-state index is -0.310. The van der Waals surface area contributed by atoms with Crippen molar-refractivity contribution in [2.24, 2.45) is 5.92 Å². The number of hydrazine groups is 1. The molecule has 3 N–H and O–H groups in total. The van der Waals surface area contributed by atoms with Gasteiger partial charge in [-0.15, -0.1) is 0 Å². The van der Waals surface area contributed by atoms with Gasteiger partial charge in [0.25, 0.3) is 0 Å². The van der Waals surface area contributed by atoms with Gasteiger partial charge in [-0.3, -0.25) is 10.2 Å². The van der Waals surface area contributed by atoms with Gasteiger partial charge in [-0.1, -0.05) is 43.7 Å². The fourth-order valence-corrected chi connectivity index (χ4v) is 3.12. The molecule has 1 aliphatic heterocycles. The summed E-state index contributed by atoms with van der Waals surface area (Å²) in [7, 11) is 0. The Hall–Kier alpha value is -2.44. The lowest BCUT2D eigenvalue weighted by molar-refractivity contribution is -0.125. The van der Waals surface area contributed by atoms with Gasteiger partial charge in [0.2, 0.25) is 5.91 Å². The lowest BCUT2D eigenvalue weighted by atomic mass is 9.94. The second kappa shape index (κ2) is 9.48. The van der Waals surface area contributed by atoms with Gasteiger partial charge < -0.3 is 10.1 Å². The van der Waals surface area contributed by atoms with Crippen molar-refractivity contribution in [1.29, 1.82) is 0 Å². The smallest absolute Gasteiger partial charge is 0.226 e. The van der Waals surface area contributed by atoms with Crippen LogP contribution in [-0.2, 0) is 11.3 Å². The Labute approximate surface area is 159 Å². The molecule has 1 fully saturated rings. The number of benzene rings is 2. The first-order valence-electron chi connectivity index (χ1n) is 9.41. The van der Waals surface area contributed by atoms with Gasteiger partial charge in [-0.05, 0) is 30.2 Å². The van der Waals surface area contributed by atoms with E-state index in [-0.39, 0.29) is 30.2 Å². The van der Waals surface area contributed by atoms with E-state index in [9.17, 15) is 9.18 Å². The molecule has 0 saturated carbocycles. The number of nitrogens with one attached hydrogen (secondary N) is 3. The molecule has 2 aromatic rings. The third-order valence-electron chi connectivity index (χ3n) is 4.74. The molecule has 0 bridgehead atoms. The van der Waals surface area contributed by atoms with Crippen molar-refractivity contribution in [3.05, 3.63) is 65.5 Å². The van der Waals surface area contributed by atoms with E-state index >= 15 is 0 Å². The van der Waals surface area contributed by atoms with Crippen LogP contribution in [0.4, 0.5) is 4.39 Å². The van der Waals surface area contributed by atoms with Crippen LogP contribution in [0.2, 0.25) is 0 Å². The van der Waals surface area contributed by atoms with Gasteiger partial charge in [-0.25, -0.2) is 9.82 Å². The highest BCUT2D eigenvalue weighted by Crippen LogP contribution is 2.27. The Bertz CT molecular complexity index is 751. The summed E-state index contributed by atoms with van der Waals surface area (Å²) in [6.07, 6.45) is 2.12. The minimum absolute atomic E-state index is 0.107. The average molecular weight is 371 g/mol. The van der Waals surface area contributed by atoms with E-state index in [0.717, 1.165) is 24.2 Å². The van der Waals surface area contributed by atoms with E-state index in [1.165, 1.54) is 6.07 Å². The molecule has 1 amide bonds. The average Bonchev–Trinajstić information content (AvgIpc) is 3.18. The first-order chi connectivity index (χ1) is 13.2. The number of halogens is 1. The molecule has 1 heterocycles. The molecule has 0 aliphatic carbocycles. The Balaban J connectivity index is 1.59. The van der Waals surface area contributed by atoms with E-state index in [1.54, 1.807) is 18.2 Å². The first-order valence-corrected chi connectivity index (χ1v) is 9.41. The molecule has 2 atom stereocenters. The zero-order chi connectivity index (χ0) is 19.1. The zero-order valence-electron chi connectivity index (χ0n) is 15.5. The van der Waals surface area contributed by atoms with E-state index in [0.29, 0.717) is 18.7 Å². The van der Waals surface area contributed by atoms with Crippen molar-refractivity contribution in [2.75, 3.05) is 13.2 Å². The van der Waals surface area contributed by atoms with E-state index in [1.807, 2.05) is 24.3 Å². The van der Waals surface area contributed by atoms with Crippen LogP contribution in [0.1, 0.15) is 36.9 Å². The molecule has 1 saturated heterocycles. The summed E-state index contributed by atoms with van der Waals surface area (Å²) in [5, 5.41) is 2.84. The lowest BCUT2D eigenvalue weighted by Crippen LogP contribution is -2.34. The van der Waals surface area contributed by atoms with Crippen molar-refractivity contribution in [2.45, 2.75) is 32.4 Å². The highest BCUT2D eigenvalue weighted by molar-refractivity contribution is 5.80. The molecule has 0 radical (unpaired) electrons. The van der Waals surface area contributed by atoms with Crippen molar-refractivity contribution in [3.63, 3.8) is 0 Å². The fraction of sp³-hybridized carbons (Fsp3) is 0.381. The molecular weight excluding hydrogens is 345 g/mol. The molecule has 5 nitrogen and oxygen atoms in total. The number of hydrogen-bond donors (Lipinski definition) is 3. The highest BCUT2D eigenvalue weighted by Gasteiger charge is 2.33. The topological polar surface area (TPSA) is 62.4 Å². The molecule has 2 unspecified atom stereocenters. The van der Waals surface area contributed by atoms with Crippen LogP contribution in [0.15, 0.2) is 48.5 Å². The summed E-state index contributed by atoms with van der Waals surface area (Å²) in [5.41, 5.74) is 7.70. The van der Waals surface area contributed by atoms with Gasteiger partial charge in [0.1, 0.15) is 11.6 Å². The third kappa shape index (κ3) is 5.05. The standard InChI is InChI=1S/C21H26FN3O2/c1-2-3-12-27-17-10-8-15(9-11-17)20-18(14-24-25-20)21(26)23-13-16-6-4-5-7-19(16)22/h4-11,18,20,24-25H,2-3,12-14H2,1H3,(H,23,26). The molecule has 2 aromatic carbocycles. The Morgan fingerprint density at radius 1 is 1.22 bits per heavy atom. The predicted octanol–water partition coefficient (Wildman–Crippen LogP) is 3.09. The maximum absolute atomic E-state index is 13.7. The van der Waals surface area contributed by atoms with E-state index in [4.69, 9.17) is 4.74 Å². The van der Waals surface area contributed by atoms with Crippen LogP contribution in [-0.4, -0.2) is 19.1 Å². The molecule has 27 heavy (non-hydrogen) atoms. The van der Waals surface area contributed by atoms with Crippen LogP contribution in [0.5, 0.6) is 5.75 Å². The summed E-state index contributed by atoms with van der Waals surface area (Å²) in [5.74, 6) is 0.141. The van der Waals surface area contributed by atoms with Crippen molar-refractivity contribution in [1.82, 2.24) is 16.2 Å². The molecule has 6 heteroatoms. The molecule has 0 spiro atoms. The van der Waals surface area contributed by atoms with Crippen LogP contribution >= 0.6 is 0 Å². The Morgan fingerprint density at radius 2 is 2.00 bits per heavy atom. The van der Waals surface area contributed by atoms with Crippen LogP contribution < -0.4 is 20.9 Å². The number of carbonyl (C=O) groups excluding carboxylic acids is 1. The molecular formula is C21H26FN3O2. The summed E-state index contributed by atoms with van der Waals surface area (Å²) < 4.78 is 19.4. The van der Waals surface area contributed by atoms with Gasteiger partial charge in [-0.2, -0.15) is 0 Å². The van der Waals surface area contributed by atoms with E-state index in [2.05, 4.69) is 23.1 Å². The zero-order valence-corrected chi connectivity index (χ0v) is 15.5. The number of unbranched alkanes of at least 4 members (excludes halogenated alkanes) is 1. The SMILES string of the molecule is CCCCOc1ccc(C2NNCC2C(=O)NCc2ccccc2F)cc1. The monoisotopic (exact) mass is 371 g/mol. The largest absolute Gasteiger partial charge is 0.494 e. The van der Waals surface area contributed by atoms with Crippen LogP contribution in [0.25, 0.3) is 0 Å². The number of amides is 1. The quantitative estimate of drug-likeness (QED) is 0.624. The number of rotatable bonds is 8. The number of ether oxygens (including phenoxy) is 1. The third-order valence-corrected chi connectivity index (χ3v) is 4.74. The number of carbonyl (C=O) groups is 1. The summed E-state index contributed by atoms with van der Waals surface area (Å²) >= 11 is 0. The van der Waals surface area contributed by atoms with Gasteiger partial charge in [0.05, 0.1) is 18.6 Å². The van der Waals surface area contributed by atoms with Crippen LogP contribution in [0.3, 0.4) is 0 Å². The summed E-state index contributed by atoms with van der Waals surface area (Å²) in [4.78, 5) is 12.6. The normalized spacial score (nSPS) is 19.0. The fourth-order valence-electron chi connectivity index (χ4n) is 3.12. The van der Waals surface area contributed by atoms with Gasteiger partial charge in [0, 0.05) is 18.7 Å².